The maximum atomic E-state index is 13.6. The van der Waals surface area contributed by atoms with E-state index in [9.17, 15) is 14.9 Å². The molecule has 1 amide bonds. The Labute approximate surface area is 208 Å². The van der Waals surface area contributed by atoms with Gasteiger partial charge in [0.15, 0.2) is 0 Å². The van der Waals surface area contributed by atoms with E-state index in [4.69, 9.17) is 9.73 Å². The largest absolute Gasteiger partial charge is 0.373 e. The summed E-state index contributed by atoms with van der Waals surface area (Å²) in [4.78, 5) is 33.8. The second-order valence-electron chi connectivity index (χ2n) is 11.1. The van der Waals surface area contributed by atoms with E-state index in [0.717, 1.165) is 37.3 Å². The fourth-order valence-corrected chi connectivity index (χ4v) is 8.49. The molecule has 3 saturated heterocycles. The van der Waals surface area contributed by atoms with Crippen LogP contribution in [0.1, 0.15) is 30.4 Å². The quantitative estimate of drug-likeness (QED) is 0.288. The smallest absolute Gasteiger partial charge is 0.270 e. The Bertz CT molecular complexity index is 1400. The van der Waals surface area contributed by atoms with Crippen LogP contribution in [0, 0.1) is 22.0 Å². The number of hydrogen-bond acceptors (Lipinski definition) is 6. The van der Waals surface area contributed by atoms with Crippen molar-refractivity contribution >= 4 is 29.2 Å². The summed E-state index contributed by atoms with van der Waals surface area (Å²) in [5.41, 5.74) is 5.26. The van der Waals surface area contributed by atoms with Crippen molar-refractivity contribution in [3.8, 4) is 0 Å². The summed E-state index contributed by atoms with van der Waals surface area (Å²) in [5.74, 6) is 0.998. The molecule has 1 aliphatic carbocycles. The van der Waals surface area contributed by atoms with E-state index in [1.54, 1.807) is 12.3 Å². The molecule has 2 bridgehead atoms. The number of anilines is 1. The highest BCUT2D eigenvalue weighted by atomic mass is 16.6. The van der Waals surface area contributed by atoms with Crippen LogP contribution >= 0.6 is 0 Å². The molecule has 4 fully saturated rings. The molecule has 6 aliphatic rings. The summed E-state index contributed by atoms with van der Waals surface area (Å²) in [5, 5.41) is 11.1. The van der Waals surface area contributed by atoms with E-state index >= 15 is 0 Å². The molecule has 2 aromatic carbocycles. The van der Waals surface area contributed by atoms with Gasteiger partial charge in [0.25, 0.3) is 5.69 Å². The normalized spacial score (nSPS) is 35.6. The monoisotopic (exact) mass is 482 g/mol. The number of benzene rings is 2. The summed E-state index contributed by atoms with van der Waals surface area (Å²) in [6.45, 7) is 2.68. The molecular formula is C28H26N4O4. The van der Waals surface area contributed by atoms with E-state index in [2.05, 4.69) is 28.0 Å². The van der Waals surface area contributed by atoms with Crippen LogP contribution < -0.4 is 4.90 Å². The van der Waals surface area contributed by atoms with Gasteiger partial charge in [0.1, 0.15) is 0 Å². The van der Waals surface area contributed by atoms with E-state index in [1.165, 1.54) is 23.3 Å². The molecule has 0 aromatic heterocycles. The first kappa shape index (κ1) is 20.8. The zero-order chi connectivity index (χ0) is 24.2. The van der Waals surface area contributed by atoms with Crippen molar-refractivity contribution in [1.29, 1.82) is 0 Å². The Morgan fingerprint density at radius 1 is 1.22 bits per heavy atom. The zero-order valence-corrected chi connectivity index (χ0v) is 19.7. The van der Waals surface area contributed by atoms with Gasteiger partial charge in [-0.05, 0) is 54.6 Å². The van der Waals surface area contributed by atoms with Crippen molar-refractivity contribution < 1.29 is 14.5 Å². The Hall–Kier alpha value is -3.36. The Kier molecular flexibility index (Phi) is 4.11. The third-order valence-corrected chi connectivity index (χ3v) is 9.74. The zero-order valence-electron chi connectivity index (χ0n) is 19.7. The average Bonchev–Trinajstić information content (AvgIpc) is 3.35. The molecule has 8 rings (SSSR count). The van der Waals surface area contributed by atoms with Crippen molar-refractivity contribution in [2.24, 2.45) is 16.8 Å². The molecule has 36 heavy (non-hydrogen) atoms. The number of ether oxygens (including phenoxy) is 1. The van der Waals surface area contributed by atoms with Crippen LogP contribution in [-0.4, -0.2) is 59.8 Å². The maximum Gasteiger partial charge on any atom is 0.270 e. The molecule has 6 atom stereocenters. The third kappa shape index (κ3) is 2.56. The van der Waals surface area contributed by atoms with Crippen molar-refractivity contribution in [3.05, 3.63) is 75.4 Å². The average molecular weight is 483 g/mol. The second-order valence-corrected chi connectivity index (χ2v) is 11.1. The fraction of sp³-hybridized carbons (Fsp3) is 0.429. The number of hydrogen-bond donors (Lipinski definition) is 0. The Balaban J connectivity index is 1.25. The highest BCUT2D eigenvalue weighted by molar-refractivity contribution is 5.99. The summed E-state index contributed by atoms with van der Waals surface area (Å²) in [6, 6.07) is 13.3. The highest BCUT2D eigenvalue weighted by Crippen LogP contribution is 2.66. The number of nitro benzene ring substituents is 1. The minimum absolute atomic E-state index is 0.0110. The van der Waals surface area contributed by atoms with Crippen LogP contribution in [0.5, 0.6) is 0 Å². The first-order valence-electron chi connectivity index (χ1n) is 12.8. The van der Waals surface area contributed by atoms with E-state index in [1.807, 2.05) is 12.1 Å². The summed E-state index contributed by atoms with van der Waals surface area (Å²) in [6.07, 6.45) is 6.60. The SMILES string of the molecule is O=C1C[C@@H]2OCC=C3CN4CC[C@]56c7cc(N=Cc8cccc([N+](=O)[O-])c8)ccc7N1[C@H]5[C@H]2[C@H]3C[C@@H]46. The number of carbonyl (C=O) groups is 1. The van der Waals surface area contributed by atoms with Gasteiger partial charge in [0.2, 0.25) is 5.91 Å². The molecule has 8 heteroatoms. The lowest BCUT2D eigenvalue weighted by Crippen LogP contribution is -2.69. The van der Waals surface area contributed by atoms with E-state index < -0.39 is 4.92 Å². The van der Waals surface area contributed by atoms with Crippen molar-refractivity contribution in [1.82, 2.24) is 4.90 Å². The minimum Gasteiger partial charge on any atom is -0.373 e. The number of aliphatic imine (C=N–C) groups is 1. The minimum atomic E-state index is -0.392. The number of non-ortho nitro benzene ring substituents is 1. The number of carbonyl (C=O) groups excluding carboxylic acids is 1. The van der Waals surface area contributed by atoms with Crippen LogP contribution in [0.2, 0.25) is 0 Å². The standard InChI is InChI=1S/C28H26N4O4/c33-25-13-23-26-20-12-24-28(7-8-30(24)15-17(20)6-9-36-23)21-11-18(4-5-22(21)31(25)27(26)28)29-14-16-2-1-3-19(10-16)32(34)35/h1-6,10-11,14,20,23-24,26-27H,7-9,12-13,15H2/t20-,23-,24+,26-,27-,28+/m0/s1. The van der Waals surface area contributed by atoms with Crippen LogP contribution in [0.3, 0.4) is 0 Å². The van der Waals surface area contributed by atoms with Crippen molar-refractivity contribution in [2.45, 2.75) is 42.9 Å². The van der Waals surface area contributed by atoms with Gasteiger partial charge in [-0.3, -0.25) is 24.8 Å². The van der Waals surface area contributed by atoms with Crippen molar-refractivity contribution in [2.75, 3.05) is 24.6 Å². The molecule has 182 valence electrons. The van der Waals surface area contributed by atoms with Gasteiger partial charge in [0, 0.05) is 48.0 Å². The van der Waals surface area contributed by atoms with Gasteiger partial charge in [-0.1, -0.05) is 23.8 Å². The molecule has 8 nitrogen and oxygen atoms in total. The van der Waals surface area contributed by atoms with Gasteiger partial charge < -0.3 is 9.64 Å². The van der Waals surface area contributed by atoms with Crippen LogP contribution in [0.25, 0.3) is 0 Å². The number of rotatable bonds is 3. The van der Waals surface area contributed by atoms with Crippen LogP contribution in [0.4, 0.5) is 17.1 Å². The Morgan fingerprint density at radius 2 is 2.14 bits per heavy atom. The fourth-order valence-electron chi connectivity index (χ4n) is 8.49. The van der Waals surface area contributed by atoms with Crippen LogP contribution in [0.15, 0.2) is 59.1 Å². The number of piperidine rings is 2. The molecule has 2 aromatic rings. The Morgan fingerprint density at radius 3 is 3.03 bits per heavy atom. The molecule has 0 radical (unpaired) electrons. The van der Waals surface area contributed by atoms with Gasteiger partial charge in [0.05, 0.1) is 35.8 Å². The topological polar surface area (TPSA) is 88.3 Å². The molecule has 1 spiro atoms. The predicted molar refractivity (Wildman–Crippen MR) is 134 cm³/mol. The van der Waals surface area contributed by atoms with Crippen LogP contribution in [-0.2, 0) is 14.9 Å². The molecule has 5 heterocycles. The number of nitrogens with zero attached hydrogens (tertiary/aromatic N) is 4. The van der Waals surface area contributed by atoms with Crippen molar-refractivity contribution in [3.63, 3.8) is 0 Å². The van der Waals surface area contributed by atoms with E-state index in [-0.39, 0.29) is 29.2 Å². The molecular weight excluding hydrogens is 456 g/mol. The van der Waals surface area contributed by atoms with Gasteiger partial charge in [-0.15, -0.1) is 0 Å². The number of nitro groups is 1. The van der Waals surface area contributed by atoms with Gasteiger partial charge in [-0.25, -0.2) is 0 Å². The molecule has 5 aliphatic heterocycles. The predicted octanol–water partition coefficient (Wildman–Crippen LogP) is 3.75. The highest BCUT2D eigenvalue weighted by Gasteiger charge is 2.71. The lowest BCUT2D eigenvalue weighted by atomic mass is 9.53. The second kappa shape index (κ2) is 7.11. The molecule has 0 unspecified atom stereocenters. The summed E-state index contributed by atoms with van der Waals surface area (Å²) in [7, 11) is 0. The van der Waals surface area contributed by atoms with Gasteiger partial charge >= 0.3 is 0 Å². The first-order valence-corrected chi connectivity index (χ1v) is 12.8. The third-order valence-electron chi connectivity index (χ3n) is 9.74. The molecule has 0 N–H and O–H groups in total. The summed E-state index contributed by atoms with van der Waals surface area (Å²) < 4.78 is 6.32. The summed E-state index contributed by atoms with van der Waals surface area (Å²) >= 11 is 0. The number of amides is 1. The van der Waals surface area contributed by atoms with E-state index in [0.29, 0.717) is 36.5 Å². The number of fused-ring (bicyclic) bond motifs is 2. The molecule has 1 saturated carbocycles. The lowest BCUT2D eigenvalue weighted by molar-refractivity contribution is -0.384. The lowest BCUT2D eigenvalue weighted by Gasteiger charge is -2.58. The van der Waals surface area contributed by atoms with Gasteiger partial charge in [-0.2, -0.15) is 0 Å². The first-order chi connectivity index (χ1) is 17.5. The maximum absolute atomic E-state index is 13.6.